The van der Waals surface area contributed by atoms with Crippen molar-refractivity contribution >= 4 is 11.5 Å². The second-order valence-corrected chi connectivity index (χ2v) is 4.57. The molecule has 1 aliphatic heterocycles. The minimum Gasteiger partial charge on any atom is -0.381 e. The predicted molar refractivity (Wildman–Crippen MR) is 67.7 cm³/mol. The number of nitro groups is 1. The molecule has 1 aliphatic rings. The third kappa shape index (κ3) is 3.16. The van der Waals surface area contributed by atoms with Crippen LogP contribution in [0.3, 0.4) is 0 Å². The summed E-state index contributed by atoms with van der Waals surface area (Å²) in [5, 5.41) is 14.0. The fourth-order valence-electron chi connectivity index (χ4n) is 2.02. The number of hydrogen-bond donors (Lipinski definition) is 1. The molecule has 1 fully saturated rings. The standard InChI is InChI=1S/C12H17N3O3/c1-9-6-11(15(16)17)12(13-7-9)14-8-10-2-4-18-5-3-10/h6-7,10H,2-5,8H2,1H3,(H,13,14). The number of ether oxygens (including phenoxy) is 1. The first-order valence-corrected chi connectivity index (χ1v) is 6.09. The topological polar surface area (TPSA) is 77.3 Å². The number of hydrogen-bond acceptors (Lipinski definition) is 5. The van der Waals surface area contributed by atoms with Crippen molar-refractivity contribution in [2.24, 2.45) is 5.92 Å². The molecule has 0 amide bonds. The van der Waals surface area contributed by atoms with Crippen LogP contribution < -0.4 is 5.32 Å². The van der Waals surface area contributed by atoms with E-state index in [-0.39, 0.29) is 5.69 Å². The van der Waals surface area contributed by atoms with E-state index in [9.17, 15) is 10.1 Å². The number of anilines is 1. The largest absolute Gasteiger partial charge is 0.381 e. The highest BCUT2D eigenvalue weighted by molar-refractivity contribution is 5.56. The van der Waals surface area contributed by atoms with Crippen molar-refractivity contribution in [3.8, 4) is 0 Å². The van der Waals surface area contributed by atoms with Crippen LogP contribution in [0.4, 0.5) is 11.5 Å². The van der Waals surface area contributed by atoms with E-state index in [4.69, 9.17) is 4.74 Å². The summed E-state index contributed by atoms with van der Waals surface area (Å²) >= 11 is 0. The number of nitrogens with one attached hydrogen (secondary N) is 1. The van der Waals surface area contributed by atoms with Gasteiger partial charge in [-0.05, 0) is 31.2 Å². The molecular weight excluding hydrogens is 234 g/mol. The van der Waals surface area contributed by atoms with Crippen molar-refractivity contribution < 1.29 is 9.66 Å². The second kappa shape index (κ2) is 5.77. The van der Waals surface area contributed by atoms with Gasteiger partial charge in [0.15, 0.2) is 0 Å². The quantitative estimate of drug-likeness (QED) is 0.655. The fraction of sp³-hybridized carbons (Fsp3) is 0.583. The van der Waals surface area contributed by atoms with Gasteiger partial charge in [0, 0.05) is 32.0 Å². The maximum Gasteiger partial charge on any atom is 0.311 e. The van der Waals surface area contributed by atoms with Crippen LogP contribution in [0.2, 0.25) is 0 Å². The molecule has 1 aromatic rings. The zero-order chi connectivity index (χ0) is 13.0. The molecule has 6 nitrogen and oxygen atoms in total. The number of aromatic nitrogens is 1. The van der Waals surface area contributed by atoms with Crippen LogP contribution >= 0.6 is 0 Å². The van der Waals surface area contributed by atoms with Gasteiger partial charge >= 0.3 is 5.69 Å². The molecule has 0 atom stereocenters. The van der Waals surface area contributed by atoms with Crippen molar-refractivity contribution in [1.82, 2.24) is 4.98 Å². The lowest BCUT2D eigenvalue weighted by atomic mass is 10.0. The van der Waals surface area contributed by atoms with Crippen LogP contribution in [0, 0.1) is 23.0 Å². The first-order chi connectivity index (χ1) is 8.66. The van der Waals surface area contributed by atoms with Crippen LogP contribution in [-0.4, -0.2) is 29.7 Å². The Morgan fingerprint density at radius 1 is 1.56 bits per heavy atom. The van der Waals surface area contributed by atoms with Gasteiger partial charge in [-0.1, -0.05) is 0 Å². The molecule has 98 valence electrons. The van der Waals surface area contributed by atoms with E-state index >= 15 is 0 Å². The van der Waals surface area contributed by atoms with Crippen molar-refractivity contribution in [2.75, 3.05) is 25.1 Å². The van der Waals surface area contributed by atoms with Crippen LogP contribution in [0.1, 0.15) is 18.4 Å². The fourth-order valence-corrected chi connectivity index (χ4v) is 2.02. The lowest BCUT2D eigenvalue weighted by molar-refractivity contribution is -0.384. The van der Waals surface area contributed by atoms with E-state index in [0.29, 0.717) is 18.3 Å². The normalized spacial score (nSPS) is 16.5. The van der Waals surface area contributed by atoms with Crippen molar-refractivity contribution in [1.29, 1.82) is 0 Å². The Balaban J connectivity index is 2.01. The summed E-state index contributed by atoms with van der Waals surface area (Å²) in [6, 6.07) is 1.54. The van der Waals surface area contributed by atoms with E-state index in [1.165, 1.54) is 0 Å². The third-order valence-corrected chi connectivity index (χ3v) is 3.10. The molecule has 0 radical (unpaired) electrons. The molecule has 2 rings (SSSR count). The molecule has 1 saturated heterocycles. The maximum atomic E-state index is 10.9. The van der Waals surface area contributed by atoms with Gasteiger partial charge < -0.3 is 10.1 Å². The first kappa shape index (κ1) is 12.8. The smallest absolute Gasteiger partial charge is 0.311 e. The Labute approximate surface area is 106 Å². The van der Waals surface area contributed by atoms with Gasteiger partial charge in [0.25, 0.3) is 0 Å². The molecule has 1 N–H and O–H groups in total. The highest BCUT2D eigenvalue weighted by Crippen LogP contribution is 2.23. The molecule has 2 heterocycles. The summed E-state index contributed by atoms with van der Waals surface area (Å²) in [6.07, 6.45) is 3.62. The van der Waals surface area contributed by atoms with Crippen LogP contribution in [-0.2, 0) is 4.74 Å². The van der Waals surface area contributed by atoms with Gasteiger partial charge in [-0.3, -0.25) is 10.1 Å². The van der Waals surface area contributed by atoms with Crippen molar-refractivity contribution in [2.45, 2.75) is 19.8 Å². The van der Waals surface area contributed by atoms with E-state index in [2.05, 4.69) is 10.3 Å². The Morgan fingerprint density at radius 3 is 2.94 bits per heavy atom. The Hall–Kier alpha value is -1.69. The molecule has 1 aromatic heterocycles. The number of pyridine rings is 1. The van der Waals surface area contributed by atoms with Gasteiger partial charge in [0.2, 0.25) is 5.82 Å². The number of rotatable bonds is 4. The minimum absolute atomic E-state index is 0.0436. The van der Waals surface area contributed by atoms with Crippen molar-refractivity contribution in [3.63, 3.8) is 0 Å². The summed E-state index contributed by atoms with van der Waals surface area (Å²) in [6.45, 7) is 4.05. The number of aryl methyl sites for hydroxylation is 1. The van der Waals surface area contributed by atoms with Gasteiger partial charge in [-0.2, -0.15) is 0 Å². The van der Waals surface area contributed by atoms with Crippen LogP contribution in [0.25, 0.3) is 0 Å². The highest BCUT2D eigenvalue weighted by atomic mass is 16.6. The SMILES string of the molecule is Cc1cnc(NCC2CCOCC2)c([N+](=O)[O-])c1. The van der Waals surface area contributed by atoms with Gasteiger partial charge in [0.1, 0.15) is 0 Å². The van der Waals surface area contributed by atoms with E-state index in [1.54, 1.807) is 19.2 Å². The predicted octanol–water partition coefficient (Wildman–Crippen LogP) is 2.14. The first-order valence-electron chi connectivity index (χ1n) is 6.09. The molecule has 0 spiro atoms. The average molecular weight is 251 g/mol. The van der Waals surface area contributed by atoms with Gasteiger partial charge in [0.05, 0.1) is 4.92 Å². The lowest BCUT2D eigenvalue weighted by Gasteiger charge is -2.22. The van der Waals surface area contributed by atoms with Gasteiger partial charge in [-0.25, -0.2) is 4.98 Å². The summed E-state index contributed by atoms with van der Waals surface area (Å²) in [4.78, 5) is 14.6. The Bertz CT molecular complexity index is 431. The highest BCUT2D eigenvalue weighted by Gasteiger charge is 2.18. The van der Waals surface area contributed by atoms with E-state index < -0.39 is 4.92 Å². The molecule has 0 bridgehead atoms. The second-order valence-electron chi connectivity index (χ2n) is 4.57. The monoisotopic (exact) mass is 251 g/mol. The minimum atomic E-state index is -0.397. The molecule has 0 aromatic carbocycles. The summed E-state index contributed by atoms with van der Waals surface area (Å²) < 4.78 is 5.28. The van der Waals surface area contributed by atoms with Crippen LogP contribution in [0.5, 0.6) is 0 Å². The molecule has 6 heteroatoms. The van der Waals surface area contributed by atoms with E-state index in [0.717, 1.165) is 31.6 Å². The zero-order valence-electron chi connectivity index (χ0n) is 10.4. The summed E-state index contributed by atoms with van der Waals surface area (Å²) in [5.74, 6) is 0.860. The zero-order valence-corrected chi connectivity index (χ0v) is 10.4. The summed E-state index contributed by atoms with van der Waals surface area (Å²) in [5.41, 5.74) is 0.834. The van der Waals surface area contributed by atoms with Crippen LogP contribution in [0.15, 0.2) is 12.3 Å². The molecule has 0 aliphatic carbocycles. The van der Waals surface area contributed by atoms with Crippen molar-refractivity contribution in [3.05, 3.63) is 27.9 Å². The Kier molecular flexibility index (Phi) is 4.09. The molecule has 0 unspecified atom stereocenters. The average Bonchev–Trinajstić information content (AvgIpc) is 2.38. The molecular formula is C12H17N3O3. The maximum absolute atomic E-state index is 10.9. The molecule has 0 saturated carbocycles. The van der Waals surface area contributed by atoms with Gasteiger partial charge in [-0.15, -0.1) is 0 Å². The lowest BCUT2D eigenvalue weighted by Crippen LogP contribution is -2.23. The number of nitrogens with zero attached hydrogens (tertiary/aromatic N) is 2. The summed E-state index contributed by atoms with van der Waals surface area (Å²) in [7, 11) is 0. The third-order valence-electron chi connectivity index (χ3n) is 3.10. The van der Waals surface area contributed by atoms with E-state index in [1.807, 2.05) is 0 Å². The molecule has 18 heavy (non-hydrogen) atoms. The Morgan fingerprint density at radius 2 is 2.28 bits per heavy atom.